The number of hydrogen-bond acceptors (Lipinski definition) is 4. The number of nitrogens with zero attached hydrogens (tertiary/aromatic N) is 4. The van der Waals surface area contributed by atoms with Crippen molar-refractivity contribution < 1.29 is 0 Å². The predicted molar refractivity (Wildman–Crippen MR) is 100 cm³/mol. The van der Waals surface area contributed by atoms with Gasteiger partial charge in [0.05, 0.1) is 5.39 Å². The Kier molecular flexibility index (Phi) is 4.04. The Morgan fingerprint density at radius 1 is 1.33 bits per heavy atom. The predicted octanol–water partition coefficient (Wildman–Crippen LogP) is 2.14. The normalized spacial score (nSPS) is 23.3. The smallest absolute Gasteiger partial charge is 0.169 e. The van der Waals surface area contributed by atoms with E-state index in [1.165, 1.54) is 12.8 Å². The molecule has 2 aliphatic heterocycles. The van der Waals surface area contributed by atoms with Crippen LogP contribution in [0.3, 0.4) is 0 Å². The van der Waals surface area contributed by atoms with Crippen LogP contribution in [0.15, 0.2) is 18.6 Å². The summed E-state index contributed by atoms with van der Waals surface area (Å²) in [5.41, 5.74) is 0.906. The summed E-state index contributed by atoms with van der Waals surface area (Å²) in [7, 11) is 0. The molecule has 24 heavy (non-hydrogen) atoms. The fraction of sp³-hybridized carbons (Fsp3) is 0.588. The third-order valence-electron chi connectivity index (χ3n) is 5.01. The Labute approximate surface area is 147 Å². The van der Waals surface area contributed by atoms with Gasteiger partial charge in [-0.15, -0.1) is 0 Å². The molecule has 0 aliphatic carbocycles. The van der Waals surface area contributed by atoms with Crippen molar-refractivity contribution in [1.29, 1.82) is 0 Å². The van der Waals surface area contributed by atoms with Crippen LogP contribution in [0.2, 0.25) is 0 Å². The van der Waals surface area contributed by atoms with Gasteiger partial charge >= 0.3 is 0 Å². The molecule has 128 valence electrons. The molecule has 0 aromatic carbocycles. The van der Waals surface area contributed by atoms with Crippen molar-refractivity contribution in [2.45, 2.75) is 38.8 Å². The first kappa shape index (κ1) is 15.6. The van der Waals surface area contributed by atoms with Crippen molar-refractivity contribution in [3.63, 3.8) is 0 Å². The molecular formula is C17H24N6S. The molecule has 2 atom stereocenters. The summed E-state index contributed by atoms with van der Waals surface area (Å²) in [6, 6.07) is 3.01. The maximum atomic E-state index is 5.67. The summed E-state index contributed by atoms with van der Waals surface area (Å²) >= 11 is 5.67. The van der Waals surface area contributed by atoms with Crippen LogP contribution in [0.1, 0.15) is 26.7 Å². The zero-order valence-corrected chi connectivity index (χ0v) is 15.0. The highest BCUT2D eigenvalue weighted by atomic mass is 32.1. The lowest BCUT2D eigenvalue weighted by atomic mass is 10.2. The van der Waals surface area contributed by atoms with E-state index >= 15 is 0 Å². The summed E-state index contributed by atoms with van der Waals surface area (Å²) in [6.07, 6.45) is 5.98. The molecular weight excluding hydrogens is 320 g/mol. The molecule has 2 aromatic rings. The van der Waals surface area contributed by atoms with Crippen molar-refractivity contribution >= 4 is 34.2 Å². The molecule has 6 nitrogen and oxygen atoms in total. The van der Waals surface area contributed by atoms with Crippen molar-refractivity contribution in [2.24, 2.45) is 5.92 Å². The fourth-order valence-corrected chi connectivity index (χ4v) is 4.28. The van der Waals surface area contributed by atoms with Crippen LogP contribution in [0.4, 0.5) is 5.82 Å². The second-order valence-electron chi connectivity index (χ2n) is 7.21. The minimum Gasteiger partial charge on any atom is -0.362 e. The molecule has 4 rings (SSSR count). The number of thiocarbonyl (C=S) groups is 1. The minimum atomic E-state index is 0.472. The Balaban J connectivity index is 1.52. The van der Waals surface area contributed by atoms with Gasteiger partial charge in [-0.3, -0.25) is 0 Å². The highest BCUT2D eigenvalue weighted by Gasteiger charge is 2.41. The summed E-state index contributed by atoms with van der Waals surface area (Å²) in [5.74, 6) is 1.64. The van der Waals surface area contributed by atoms with Gasteiger partial charge in [0.1, 0.15) is 17.8 Å². The first-order valence-corrected chi connectivity index (χ1v) is 9.13. The Hall–Kier alpha value is -1.89. The maximum Gasteiger partial charge on any atom is 0.169 e. The molecule has 4 heterocycles. The zero-order chi connectivity index (χ0) is 16.7. The number of fused-ring (bicyclic) bond motifs is 3. The van der Waals surface area contributed by atoms with Gasteiger partial charge in [0.25, 0.3) is 0 Å². The molecule has 2 fully saturated rings. The molecule has 0 saturated carbocycles. The van der Waals surface area contributed by atoms with E-state index in [0.717, 1.165) is 41.6 Å². The van der Waals surface area contributed by atoms with Crippen LogP contribution < -0.4 is 10.2 Å². The van der Waals surface area contributed by atoms with E-state index in [2.05, 4.69) is 50.0 Å². The van der Waals surface area contributed by atoms with Crippen molar-refractivity contribution in [3.8, 4) is 0 Å². The molecule has 2 aliphatic rings. The van der Waals surface area contributed by atoms with Crippen LogP contribution in [-0.4, -0.2) is 56.7 Å². The Bertz CT molecular complexity index is 728. The van der Waals surface area contributed by atoms with E-state index in [4.69, 9.17) is 12.2 Å². The van der Waals surface area contributed by atoms with Gasteiger partial charge in [-0.1, -0.05) is 13.8 Å². The first-order valence-electron chi connectivity index (χ1n) is 8.72. The standard InChI is InChI=1S/C17H24N6S/c1-11(2)7-19-17(24)23-12-3-4-13(23)9-22(8-12)16-14-5-6-18-15(14)20-10-21-16/h5-6,10-13H,3-4,7-9H2,1-2H3,(H,19,24)(H,18,20,21)/t12-,13+. The second kappa shape index (κ2) is 6.20. The number of anilines is 1. The number of rotatable bonds is 3. The van der Waals surface area contributed by atoms with Crippen LogP contribution in [0.5, 0.6) is 0 Å². The van der Waals surface area contributed by atoms with E-state index in [9.17, 15) is 0 Å². The van der Waals surface area contributed by atoms with Crippen molar-refractivity contribution in [1.82, 2.24) is 25.2 Å². The molecule has 0 unspecified atom stereocenters. The van der Waals surface area contributed by atoms with E-state index < -0.39 is 0 Å². The van der Waals surface area contributed by atoms with E-state index in [1.807, 2.05) is 6.20 Å². The summed E-state index contributed by atoms with van der Waals surface area (Å²) in [5, 5.41) is 5.47. The molecule has 2 N–H and O–H groups in total. The number of hydrogen-bond donors (Lipinski definition) is 2. The molecule has 2 aromatic heterocycles. The third-order valence-corrected chi connectivity index (χ3v) is 5.37. The molecule has 7 heteroatoms. The minimum absolute atomic E-state index is 0.472. The van der Waals surface area contributed by atoms with E-state index in [-0.39, 0.29) is 0 Å². The number of nitrogens with one attached hydrogen (secondary N) is 2. The zero-order valence-electron chi connectivity index (χ0n) is 14.2. The van der Waals surface area contributed by atoms with Crippen molar-refractivity contribution in [2.75, 3.05) is 24.5 Å². The molecule has 2 bridgehead atoms. The number of aromatic amines is 1. The lowest BCUT2D eigenvalue weighted by molar-refractivity contribution is 0.271. The molecule has 0 radical (unpaired) electrons. The van der Waals surface area contributed by atoms with Crippen LogP contribution >= 0.6 is 12.2 Å². The van der Waals surface area contributed by atoms with Crippen LogP contribution in [-0.2, 0) is 0 Å². The fourth-order valence-electron chi connectivity index (χ4n) is 3.90. The SMILES string of the molecule is CC(C)CNC(=S)N1[C@@H]2CC[C@H]1CN(c1ncnc3[nH]ccc13)C2. The number of piperazine rings is 1. The molecule has 0 spiro atoms. The van der Waals surface area contributed by atoms with Gasteiger partial charge in [-0.05, 0) is 37.0 Å². The quantitative estimate of drug-likeness (QED) is 0.832. The molecule has 0 amide bonds. The average molecular weight is 344 g/mol. The van der Waals surface area contributed by atoms with Crippen LogP contribution in [0.25, 0.3) is 11.0 Å². The van der Waals surface area contributed by atoms with Gasteiger partial charge in [0, 0.05) is 37.9 Å². The second-order valence-corrected chi connectivity index (χ2v) is 7.60. The largest absolute Gasteiger partial charge is 0.362 e. The highest BCUT2D eigenvalue weighted by molar-refractivity contribution is 7.80. The van der Waals surface area contributed by atoms with Crippen LogP contribution in [0, 0.1) is 5.92 Å². The summed E-state index contributed by atoms with van der Waals surface area (Å²) < 4.78 is 0. The number of H-pyrrole nitrogens is 1. The van der Waals surface area contributed by atoms with Gasteiger partial charge in [-0.25, -0.2) is 9.97 Å². The van der Waals surface area contributed by atoms with E-state index in [1.54, 1.807) is 6.33 Å². The van der Waals surface area contributed by atoms with Gasteiger partial charge in [0.15, 0.2) is 5.11 Å². The number of aromatic nitrogens is 3. The maximum absolute atomic E-state index is 5.67. The average Bonchev–Trinajstić information content (AvgIpc) is 3.14. The van der Waals surface area contributed by atoms with E-state index in [0.29, 0.717) is 18.0 Å². The Morgan fingerprint density at radius 3 is 2.79 bits per heavy atom. The van der Waals surface area contributed by atoms with Gasteiger partial charge < -0.3 is 20.1 Å². The lowest BCUT2D eigenvalue weighted by Crippen LogP contribution is -2.58. The van der Waals surface area contributed by atoms with Crippen molar-refractivity contribution in [3.05, 3.63) is 18.6 Å². The monoisotopic (exact) mass is 344 g/mol. The topological polar surface area (TPSA) is 60.1 Å². The van der Waals surface area contributed by atoms with Gasteiger partial charge in [-0.2, -0.15) is 0 Å². The lowest BCUT2D eigenvalue weighted by Gasteiger charge is -2.43. The summed E-state index contributed by atoms with van der Waals surface area (Å²) in [6.45, 7) is 7.29. The summed E-state index contributed by atoms with van der Waals surface area (Å²) in [4.78, 5) is 16.9. The molecule has 2 saturated heterocycles. The van der Waals surface area contributed by atoms with Gasteiger partial charge in [0.2, 0.25) is 0 Å². The highest BCUT2D eigenvalue weighted by Crippen LogP contribution is 2.34. The third kappa shape index (κ3) is 2.70. The Morgan fingerprint density at radius 2 is 2.08 bits per heavy atom. The first-order chi connectivity index (χ1) is 11.6.